The van der Waals surface area contributed by atoms with E-state index < -0.39 is 5.97 Å². The van der Waals surface area contributed by atoms with Crippen LogP contribution in [-0.2, 0) is 11.3 Å². The van der Waals surface area contributed by atoms with E-state index in [1.54, 1.807) is 0 Å². The van der Waals surface area contributed by atoms with Crippen LogP contribution in [0.2, 0.25) is 0 Å². The zero-order valence-corrected chi connectivity index (χ0v) is 11.1. The minimum atomic E-state index is -0.983. The predicted octanol–water partition coefficient (Wildman–Crippen LogP) is 1.52. The first-order valence-corrected chi connectivity index (χ1v) is 6.83. The molecule has 1 N–H and O–H groups in total. The van der Waals surface area contributed by atoms with Crippen molar-refractivity contribution in [3.8, 4) is 0 Å². The second-order valence-electron chi connectivity index (χ2n) is 3.60. The van der Waals surface area contributed by atoms with Crippen molar-refractivity contribution in [1.29, 1.82) is 0 Å². The van der Waals surface area contributed by atoms with Gasteiger partial charge in [-0.3, -0.25) is 4.79 Å². The van der Waals surface area contributed by atoms with Crippen molar-refractivity contribution in [2.75, 3.05) is 0 Å². The van der Waals surface area contributed by atoms with E-state index in [2.05, 4.69) is 19.9 Å². The Morgan fingerprint density at radius 1 is 1.42 bits per heavy atom. The Morgan fingerprint density at radius 2 is 2.26 bits per heavy atom. The summed E-state index contributed by atoms with van der Waals surface area (Å²) >= 11 is 2.66. The molecule has 0 radical (unpaired) electrons. The summed E-state index contributed by atoms with van der Waals surface area (Å²) in [5.74, 6) is -0.983. The quantitative estimate of drug-likeness (QED) is 0.779. The number of fused-ring (bicyclic) bond motifs is 1. The van der Waals surface area contributed by atoms with Crippen LogP contribution in [-0.4, -0.2) is 35.7 Å². The summed E-state index contributed by atoms with van der Waals surface area (Å²) in [6, 6.07) is 7.74. The van der Waals surface area contributed by atoms with Gasteiger partial charge in [-0.25, -0.2) is 4.68 Å². The third kappa shape index (κ3) is 2.42. The van der Waals surface area contributed by atoms with Crippen LogP contribution < -0.4 is 0 Å². The molecule has 9 heteroatoms. The van der Waals surface area contributed by atoms with Gasteiger partial charge < -0.3 is 5.11 Å². The maximum absolute atomic E-state index is 10.7. The lowest BCUT2D eigenvalue weighted by Crippen LogP contribution is -2.11. The highest BCUT2D eigenvalue weighted by Crippen LogP contribution is 2.35. The predicted molar refractivity (Wildman–Crippen MR) is 69.2 cm³/mol. The minimum absolute atomic E-state index is 0.258. The van der Waals surface area contributed by atoms with Crippen LogP contribution in [0.25, 0.3) is 10.9 Å². The van der Waals surface area contributed by atoms with Gasteiger partial charge in [-0.15, -0.1) is 5.10 Å². The zero-order chi connectivity index (χ0) is 13.2. The lowest BCUT2D eigenvalue weighted by Gasteiger charge is -1.99. The molecule has 0 aliphatic heterocycles. The second-order valence-corrected chi connectivity index (χ2v) is 5.61. The fourth-order valence-corrected chi connectivity index (χ4v) is 3.35. The molecule has 0 unspecified atom stereocenters. The van der Waals surface area contributed by atoms with E-state index in [4.69, 9.17) is 5.11 Å². The van der Waals surface area contributed by atoms with E-state index in [9.17, 15) is 4.79 Å². The van der Waals surface area contributed by atoms with Crippen molar-refractivity contribution >= 4 is 40.2 Å². The lowest BCUT2D eigenvalue weighted by atomic mass is 10.3. The van der Waals surface area contributed by atoms with Gasteiger partial charge in [0.15, 0.2) is 0 Å². The Labute approximate surface area is 115 Å². The molecule has 0 atom stereocenters. The summed E-state index contributed by atoms with van der Waals surface area (Å²) in [5.41, 5.74) is 0.909. The Bertz CT molecular complexity index is 738. The summed E-state index contributed by atoms with van der Waals surface area (Å²) in [5, 5.41) is 21.2. The Balaban J connectivity index is 1.93. The number of hydrogen-bond donors (Lipinski definition) is 1. The van der Waals surface area contributed by atoms with E-state index in [0.717, 1.165) is 15.1 Å². The second kappa shape index (κ2) is 4.94. The highest BCUT2D eigenvalue weighted by Gasteiger charge is 2.14. The molecule has 0 fully saturated rings. The number of carbonyl (C=O) groups is 1. The molecule has 0 aliphatic carbocycles. The SMILES string of the molecule is O=C(O)Cn1nnnc1Sc1snc2ccccc12. The lowest BCUT2D eigenvalue weighted by molar-refractivity contribution is -0.138. The monoisotopic (exact) mass is 293 g/mol. The van der Waals surface area contributed by atoms with Crippen LogP contribution in [0.15, 0.2) is 33.6 Å². The number of carboxylic acid groups (broad SMARTS) is 1. The minimum Gasteiger partial charge on any atom is -0.480 e. The first kappa shape index (κ1) is 12.1. The standard InChI is InChI=1S/C10H7N5O2S2/c16-8(17)5-15-10(11-13-14-15)18-9-6-3-1-2-4-7(6)12-19-9/h1-4H,5H2,(H,16,17). The smallest absolute Gasteiger partial charge is 0.325 e. The molecule has 0 amide bonds. The molecular weight excluding hydrogens is 286 g/mol. The van der Waals surface area contributed by atoms with E-state index >= 15 is 0 Å². The largest absolute Gasteiger partial charge is 0.480 e. The van der Waals surface area contributed by atoms with Crippen LogP contribution in [0.4, 0.5) is 0 Å². The number of aliphatic carboxylic acids is 1. The normalized spacial score (nSPS) is 10.9. The molecule has 7 nitrogen and oxygen atoms in total. The van der Waals surface area contributed by atoms with Gasteiger partial charge in [-0.1, -0.05) is 18.2 Å². The fourth-order valence-electron chi connectivity index (χ4n) is 1.52. The average Bonchev–Trinajstić information content (AvgIpc) is 2.98. The van der Waals surface area contributed by atoms with Gasteiger partial charge in [0.05, 0.1) is 9.73 Å². The molecule has 2 aromatic heterocycles. The summed E-state index contributed by atoms with van der Waals surface area (Å²) in [7, 11) is 0. The molecule has 19 heavy (non-hydrogen) atoms. The zero-order valence-electron chi connectivity index (χ0n) is 9.42. The van der Waals surface area contributed by atoms with Gasteiger partial charge in [0.1, 0.15) is 6.54 Å². The molecule has 3 aromatic rings. The molecule has 0 spiro atoms. The van der Waals surface area contributed by atoms with Crippen molar-refractivity contribution in [2.24, 2.45) is 0 Å². The number of rotatable bonds is 4. The molecule has 1 aromatic carbocycles. The van der Waals surface area contributed by atoms with Gasteiger partial charge in [-0.2, -0.15) is 4.37 Å². The average molecular weight is 293 g/mol. The number of hydrogen-bond acceptors (Lipinski definition) is 7. The maximum Gasteiger partial charge on any atom is 0.325 e. The van der Waals surface area contributed by atoms with E-state index in [-0.39, 0.29) is 6.54 Å². The number of tetrazole rings is 1. The molecule has 0 saturated heterocycles. The van der Waals surface area contributed by atoms with Gasteiger partial charge in [0.2, 0.25) is 5.16 Å². The Kier molecular flexibility index (Phi) is 3.13. The van der Waals surface area contributed by atoms with Crippen LogP contribution in [0, 0.1) is 0 Å². The molecule has 0 saturated carbocycles. The molecule has 96 valence electrons. The molecular formula is C10H7N5O2S2. The number of nitrogens with zero attached hydrogens (tertiary/aromatic N) is 5. The third-order valence-electron chi connectivity index (χ3n) is 2.32. The Hall–Kier alpha value is -2.00. The van der Waals surface area contributed by atoms with Gasteiger partial charge >= 0.3 is 5.97 Å². The summed E-state index contributed by atoms with van der Waals surface area (Å²) < 4.78 is 6.51. The van der Waals surface area contributed by atoms with Crippen molar-refractivity contribution in [3.63, 3.8) is 0 Å². The molecule has 0 bridgehead atoms. The number of aromatic nitrogens is 5. The van der Waals surface area contributed by atoms with Crippen molar-refractivity contribution in [1.82, 2.24) is 24.6 Å². The topological polar surface area (TPSA) is 93.8 Å². The van der Waals surface area contributed by atoms with Crippen molar-refractivity contribution in [3.05, 3.63) is 24.3 Å². The molecule has 3 rings (SSSR count). The number of benzene rings is 1. The van der Waals surface area contributed by atoms with E-state index in [1.807, 2.05) is 24.3 Å². The highest BCUT2D eigenvalue weighted by atomic mass is 32.2. The number of carboxylic acids is 1. The van der Waals surface area contributed by atoms with Crippen molar-refractivity contribution in [2.45, 2.75) is 15.9 Å². The highest BCUT2D eigenvalue weighted by molar-refractivity contribution is 8.01. The van der Waals surface area contributed by atoms with Crippen LogP contribution in [0.1, 0.15) is 0 Å². The summed E-state index contributed by atoms with van der Waals surface area (Å²) in [6.07, 6.45) is 0. The molecule has 2 heterocycles. The van der Waals surface area contributed by atoms with Crippen LogP contribution >= 0.6 is 23.3 Å². The van der Waals surface area contributed by atoms with E-state index in [1.165, 1.54) is 28.0 Å². The van der Waals surface area contributed by atoms with Crippen molar-refractivity contribution < 1.29 is 9.90 Å². The molecule has 0 aliphatic rings. The van der Waals surface area contributed by atoms with Crippen LogP contribution in [0.5, 0.6) is 0 Å². The van der Waals surface area contributed by atoms with Gasteiger partial charge in [-0.05, 0) is 39.8 Å². The summed E-state index contributed by atoms with van der Waals surface area (Å²) in [6.45, 7) is -0.258. The Morgan fingerprint density at radius 3 is 3.11 bits per heavy atom. The summed E-state index contributed by atoms with van der Waals surface area (Å²) in [4.78, 5) is 10.7. The van der Waals surface area contributed by atoms with Crippen LogP contribution in [0.3, 0.4) is 0 Å². The maximum atomic E-state index is 10.7. The first-order chi connectivity index (χ1) is 9.24. The first-order valence-electron chi connectivity index (χ1n) is 5.24. The van der Waals surface area contributed by atoms with E-state index in [0.29, 0.717) is 5.16 Å². The fraction of sp³-hybridized carbons (Fsp3) is 0.100. The van der Waals surface area contributed by atoms with Gasteiger partial charge in [0.25, 0.3) is 0 Å². The van der Waals surface area contributed by atoms with Gasteiger partial charge in [0, 0.05) is 5.39 Å². The third-order valence-corrected chi connectivity index (χ3v) is 4.35.